The van der Waals surface area contributed by atoms with Crippen LogP contribution >= 0.6 is 11.6 Å². The van der Waals surface area contributed by atoms with Crippen molar-refractivity contribution in [2.45, 2.75) is 20.5 Å². The number of benzene rings is 2. The number of ether oxygens (including phenoxy) is 3. The van der Waals surface area contributed by atoms with Gasteiger partial charge in [-0.25, -0.2) is 0 Å². The number of nitrogens with zero attached hydrogens (tertiary/aromatic N) is 2. The zero-order valence-corrected chi connectivity index (χ0v) is 18.1. The molecule has 11 heteroatoms. The Labute approximate surface area is 188 Å². The summed E-state index contributed by atoms with van der Waals surface area (Å²) in [5.74, 6) is 0.711. The standard InChI is InChI=1S/C21H21ClN4O6/c1-3-30-16-10-5-13(11-17(16)31-4-2)12-32-15-8-6-14(7-9-15)23-21(27)19-18(22)20(25-24-19)26(28)29/h5-11H,3-4,12H2,1-2H3,(H,23,27)(H,24,25). The van der Waals surface area contributed by atoms with Gasteiger partial charge in [0.2, 0.25) is 0 Å². The number of nitro groups is 1. The molecule has 1 aromatic heterocycles. The Balaban J connectivity index is 1.61. The summed E-state index contributed by atoms with van der Waals surface area (Å²) in [4.78, 5) is 22.3. The SMILES string of the molecule is CCOc1ccc(COc2ccc(NC(=O)c3n[nH]c([N+](=O)[O-])c3Cl)cc2)cc1OCC. The highest BCUT2D eigenvalue weighted by molar-refractivity contribution is 6.35. The van der Waals surface area contributed by atoms with Crippen LogP contribution in [0, 0.1) is 10.1 Å². The maximum Gasteiger partial charge on any atom is 0.362 e. The number of carbonyl (C=O) groups is 1. The fourth-order valence-electron chi connectivity index (χ4n) is 2.77. The van der Waals surface area contributed by atoms with Crippen molar-refractivity contribution in [1.82, 2.24) is 10.2 Å². The molecular formula is C21H21ClN4O6. The van der Waals surface area contributed by atoms with Crippen LogP contribution < -0.4 is 19.5 Å². The molecule has 3 rings (SSSR count). The highest BCUT2D eigenvalue weighted by atomic mass is 35.5. The summed E-state index contributed by atoms with van der Waals surface area (Å²) in [5.41, 5.74) is 1.09. The van der Waals surface area contributed by atoms with Crippen molar-refractivity contribution in [3.63, 3.8) is 0 Å². The van der Waals surface area contributed by atoms with Crippen molar-refractivity contribution in [2.24, 2.45) is 0 Å². The van der Waals surface area contributed by atoms with Gasteiger partial charge in [-0.1, -0.05) is 22.8 Å². The van der Waals surface area contributed by atoms with Crippen LogP contribution in [-0.4, -0.2) is 34.2 Å². The largest absolute Gasteiger partial charge is 0.490 e. The second kappa shape index (κ2) is 10.5. The fourth-order valence-corrected chi connectivity index (χ4v) is 3.01. The van der Waals surface area contributed by atoms with Crippen LogP contribution in [0.25, 0.3) is 0 Å². The molecule has 168 valence electrons. The Morgan fingerprint density at radius 1 is 1.09 bits per heavy atom. The van der Waals surface area contributed by atoms with E-state index in [2.05, 4.69) is 15.5 Å². The Morgan fingerprint density at radius 2 is 1.78 bits per heavy atom. The van der Waals surface area contributed by atoms with E-state index in [1.165, 1.54) is 0 Å². The van der Waals surface area contributed by atoms with Gasteiger partial charge < -0.3 is 29.6 Å². The minimum Gasteiger partial charge on any atom is -0.490 e. The molecule has 2 aromatic carbocycles. The molecule has 0 saturated heterocycles. The van der Waals surface area contributed by atoms with Crippen LogP contribution in [0.3, 0.4) is 0 Å². The van der Waals surface area contributed by atoms with Crippen molar-refractivity contribution < 1.29 is 23.9 Å². The molecule has 0 fully saturated rings. The Morgan fingerprint density at radius 3 is 2.41 bits per heavy atom. The number of rotatable bonds is 10. The lowest BCUT2D eigenvalue weighted by molar-refractivity contribution is -0.389. The minimum atomic E-state index is -0.750. The molecule has 0 aliphatic heterocycles. The van der Waals surface area contributed by atoms with Gasteiger partial charge in [0.25, 0.3) is 5.91 Å². The third-order valence-corrected chi connectivity index (χ3v) is 4.57. The van der Waals surface area contributed by atoms with Gasteiger partial charge in [0.05, 0.1) is 13.2 Å². The molecular weight excluding hydrogens is 440 g/mol. The topological polar surface area (TPSA) is 129 Å². The lowest BCUT2D eigenvalue weighted by Gasteiger charge is -2.13. The van der Waals surface area contributed by atoms with Crippen molar-refractivity contribution in [3.05, 3.63) is 68.9 Å². The summed E-state index contributed by atoms with van der Waals surface area (Å²) in [7, 11) is 0. The summed E-state index contributed by atoms with van der Waals surface area (Å²) >= 11 is 5.83. The number of hydrogen-bond acceptors (Lipinski definition) is 7. The summed E-state index contributed by atoms with van der Waals surface area (Å²) in [5, 5.41) is 18.8. The number of nitrogens with one attached hydrogen (secondary N) is 2. The van der Waals surface area contributed by atoms with E-state index in [4.69, 9.17) is 25.8 Å². The number of aromatic amines is 1. The predicted molar refractivity (Wildman–Crippen MR) is 118 cm³/mol. The van der Waals surface area contributed by atoms with Gasteiger partial charge in [0, 0.05) is 5.69 Å². The Kier molecular flexibility index (Phi) is 7.50. The lowest BCUT2D eigenvalue weighted by atomic mass is 10.2. The lowest BCUT2D eigenvalue weighted by Crippen LogP contribution is -2.12. The maximum atomic E-state index is 12.3. The highest BCUT2D eigenvalue weighted by Gasteiger charge is 2.25. The van der Waals surface area contributed by atoms with Gasteiger partial charge in [-0.3, -0.25) is 4.79 Å². The first kappa shape index (κ1) is 22.9. The first-order chi connectivity index (χ1) is 15.4. The molecule has 0 bridgehead atoms. The van der Waals surface area contributed by atoms with E-state index in [1.54, 1.807) is 24.3 Å². The van der Waals surface area contributed by atoms with Crippen molar-refractivity contribution in [2.75, 3.05) is 18.5 Å². The van der Waals surface area contributed by atoms with Gasteiger partial charge in [-0.2, -0.15) is 0 Å². The van der Waals surface area contributed by atoms with E-state index >= 15 is 0 Å². The molecule has 1 amide bonds. The maximum absolute atomic E-state index is 12.3. The van der Waals surface area contributed by atoms with E-state index in [0.717, 1.165) is 5.56 Å². The molecule has 32 heavy (non-hydrogen) atoms. The first-order valence-electron chi connectivity index (χ1n) is 9.73. The molecule has 0 aliphatic rings. The van der Waals surface area contributed by atoms with Gasteiger partial charge in [0.15, 0.2) is 22.2 Å². The zero-order valence-electron chi connectivity index (χ0n) is 17.4. The van der Waals surface area contributed by atoms with Crippen molar-refractivity contribution in [1.29, 1.82) is 0 Å². The van der Waals surface area contributed by atoms with E-state index in [1.807, 2.05) is 32.0 Å². The highest BCUT2D eigenvalue weighted by Crippen LogP contribution is 2.29. The van der Waals surface area contributed by atoms with Crippen LogP contribution in [0.15, 0.2) is 42.5 Å². The first-order valence-corrected chi connectivity index (χ1v) is 10.1. The molecule has 1 heterocycles. The van der Waals surface area contributed by atoms with Gasteiger partial charge in [-0.05, 0) is 60.7 Å². The van der Waals surface area contributed by atoms with Crippen LogP contribution in [0.1, 0.15) is 29.9 Å². The van der Waals surface area contributed by atoms with Crippen LogP contribution in [0.4, 0.5) is 11.5 Å². The van der Waals surface area contributed by atoms with E-state index < -0.39 is 16.6 Å². The Hall–Kier alpha value is -3.79. The van der Waals surface area contributed by atoms with Crippen molar-refractivity contribution >= 4 is 29.0 Å². The zero-order chi connectivity index (χ0) is 23.1. The smallest absolute Gasteiger partial charge is 0.362 e. The van der Waals surface area contributed by atoms with Crippen molar-refractivity contribution in [3.8, 4) is 17.2 Å². The molecule has 10 nitrogen and oxygen atoms in total. The molecule has 0 atom stereocenters. The summed E-state index contributed by atoms with van der Waals surface area (Å²) in [6.45, 7) is 5.19. The second-order valence-electron chi connectivity index (χ2n) is 6.41. The summed E-state index contributed by atoms with van der Waals surface area (Å²) in [6, 6.07) is 12.2. The fraction of sp³-hybridized carbons (Fsp3) is 0.238. The van der Waals surface area contributed by atoms with Crippen LogP contribution in [0.5, 0.6) is 17.2 Å². The minimum absolute atomic E-state index is 0.265. The van der Waals surface area contributed by atoms with Gasteiger partial charge in [0.1, 0.15) is 12.4 Å². The number of hydrogen-bond donors (Lipinski definition) is 2. The number of anilines is 1. The second-order valence-corrected chi connectivity index (χ2v) is 6.78. The van der Waals surface area contributed by atoms with Gasteiger partial charge >= 0.3 is 5.82 Å². The van der Waals surface area contributed by atoms with Crippen LogP contribution in [0.2, 0.25) is 5.02 Å². The quantitative estimate of drug-likeness (QED) is 0.334. The van der Waals surface area contributed by atoms with Gasteiger partial charge in [-0.15, -0.1) is 5.10 Å². The monoisotopic (exact) mass is 460 g/mol. The van der Waals surface area contributed by atoms with E-state index in [0.29, 0.717) is 42.8 Å². The third kappa shape index (κ3) is 5.46. The van der Waals surface area contributed by atoms with E-state index in [9.17, 15) is 14.9 Å². The van der Waals surface area contributed by atoms with E-state index in [-0.39, 0.29) is 10.7 Å². The Bertz CT molecular complexity index is 1100. The predicted octanol–water partition coefficient (Wildman–Crippen LogP) is 4.60. The number of aromatic nitrogens is 2. The number of H-pyrrole nitrogens is 1. The molecule has 0 radical (unpaired) electrons. The summed E-state index contributed by atoms with van der Waals surface area (Å²) in [6.07, 6.45) is 0. The third-order valence-electron chi connectivity index (χ3n) is 4.21. The normalized spacial score (nSPS) is 10.5. The molecule has 3 aromatic rings. The van der Waals surface area contributed by atoms with Crippen LogP contribution in [-0.2, 0) is 6.61 Å². The summed E-state index contributed by atoms with van der Waals surface area (Å²) < 4.78 is 17.0. The number of carbonyl (C=O) groups excluding carboxylic acids is 1. The molecule has 2 N–H and O–H groups in total. The molecule has 0 spiro atoms. The average Bonchev–Trinajstić information content (AvgIpc) is 3.17. The molecule has 0 aliphatic carbocycles. The number of amides is 1. The average molecular weight is 461 g/mol. The molecule has 0 unspecified atom stereocenters. The number of halogens is 1. The molecule has 0 saturated carbocycles.